The third-order valence-corrected chi connectivity index (χ3v) is 24.7. The second kappa shape index (κ2) is 23.5. The Morgan fingerprint density at radius 1 is 0.171 bits per heavy atom. The molecule has 1 heterocycles. The molecule has 105 heavy (non-hydrogen) atoms. The number of fused-ring (bicyclic) bond motifs is 20. The van der Waals surface area contributed by atoms with E-state index < -0.39 is 0 Å². The van der Waals surface area contributed by atoms with E-state index in [2.05, 4.69) is 380 Å². The highest BCUT2D eigenvalue weighted by Crippen LogP contribution is 2.58. The highest BCUT2D eigenvalue weighted by molar-refractivity contribution is 7.25. The summed E-state index contributed by atoms with van der Waals surface area (Å²) in [6.07, 6.45) is 0. The lowest BCUT2D eigenvalue weighted by atomic mass is 9.77. The Bertz CT molecular complexity index is 6980. The van der Waals surface area contributed by atoms with E-state index >= 15 is 0 Å². The quantitative estimate of drug-likeness (QED) is 0.115. The van der Waals surface area contributed by atoms with Gasteiger partial charge in [-0.05, 0) is 234 Å². The van der Waals surface area contributed by atoms with Crippen molar-refractivity contribution in [2.45, 2.75) is 38.5 Å². The van der Waals surface area contributed by atoms with Crippen LogP contribution in [0.5, 0.6) is 0 Å². The standard InChI is InChI=1S/C53H36.C51H34S/c1-53(2)51-40-18-6-4-14-34(40)29-30-47(51)46-24-12-23-41(52(46)53)36-15-11-16-37(31-36)49-42-19-7-9-21-44(42)50(45-22-10-8-20-43(45)49)38-28-27-35-26-25-33-13-3-5-17-39(33)48(35)32-38;1-51(2)49-35-16-4-3-13-31(35)25-27-43(49)42-23-12-22-36(50(42)51)32-14-11-15-33(29-32)47-38-18-5-7-20-40(38)48(41-21-8-6-19-39(41)47)34-26-28-46-44(30-34)37-17-9-10-24-45(37)52-46/h3-32H,1-2H3;3-30H,1-2H3. The van der Waals surface area contributed by atoms with E-state index in [9.17, 15) is 0 Å². The van der Waals surface area contributed by atoms with Crippen molar-refractivity contribution in [2.75, 3.05) is 0 Å². The molecule has 492 valence electrons. The molecular weight excluding hydrogens is 1280 g/mol. The van der Waals surface area contributed by atoms with Gasteiger partial charge in [0.05, 0.1) is 0 Å². The molecule has 2 aliphatic carbocycles. The highest BCUT2D eigenvalue weighted by Gasteiger charge is 2.41. The Labute approximate surface area is 615 Å². The second-order valence-corrected chi connectivity index (χ2v) is 31.1. The first-order valence-electron chi connectivity index (χ1n) is 36.9. The topological polar surface area (TPSA) is 0 Å². The molecule has 22 rings (SSSR count). The lowest BCUT2D eigenvalue weighted by Crippen LogP contribution is -2.16. The molecule has 20 aromatic rings. The van der Waals surface area contributed by atoms with Gasteiger partial charge >= 0.3 is 0 Å². The summed E-state index contributed by atoms with van der Waals surface area (Å²) >= 11 is 1.88. The van der Waals surface area contributed by atoms with Gasteiger partial charge in [0.25, 0.3) is 0 Å². The zero-order valence-corrected chi connectivity index (χ0v) is 59.7. The van der Waals surface area contributed by atoms with Crippen LogP contribution in [0.1, 0.15) is 49.9 Å². The van der Waals surface area contributed by atoms with Crippen molar-refractivity contribution in [3.63, 3.8) is 0 Å². The van der Waals surface area contributed by atoms with Gasteiger partial charge in [-0.1, -0.05) is 343 Å². The molecule has 1 heteroatoms. The molecule has 0 saturated carbocycles. The molecule has 0 N–H and O–H groups in total. The third kappa shape index (κ3) is 9.31. The number of benzene rings is 19. The summed E-state index contributed by atoms with van der Waals surface area (Å²) in [5.41, 5.74) is 26.1. The summed E-state index contributed by atoms with van der Waals surface area (Å²) in [4.78, 5) is 0. The molecule has 0 spiro atoms. The molecule has 2 aliphatic rings. The largest absolute Gasteiger partial charge is 0.135 e. The number of hydrogen-bond acceptors (Lipinski definition) is 1. The molecule has 0 atom stereocenters. The molecule has 0 bridgehead atoms. The number of hydrogen-bond donors (Lipinski definition) is 0. The third-order valence-electron chi connectivity index (χ3n) is 23.6. The molecule has 0 nitrogen and oxygen atoms in total. The van der Waals surface area contributed by atoms with Crippen LogP contribution >= 0.6 is 11.3 Å². The van der Waals surface area contributed by atoms with Crippen LogP contribution in [0.2, 0.25) is 0 Å². The summed E-state index contributed by atoms with van der Waals surface area (Å²) in [6.45, 7) is 9.64. The Kier molecular flexibility index (Phi) is 13.7. The van der Waals surface area contributed by atoms with Crippen molar-refractivity contribution in [1.29, 1.82) is 0 Å². The van der Waals surface area contributed by atoms with Gasteiger partial charge < -0.3 is 0 Å². The minimum atomic E-state index is -0.148. The molecule has 0 fully saturated rings. The van der Waals surface area contributed by atoms with Gasteiger partial charge in [-0.25, -0.2) is 0 Å². The van der Waals surface area contributed by atoms with Crippen LogP contribution in [0.3, 0.4) is 0 Å². The molecule has 0 radical (unpaired) electrons. The fraction of sp³-hybridized carbons (Fsp3) is 0.0577. The van der Waals surface area contributed by atoms with Crippen molar-refractivity contribution in [2.24, 2.45) is 0 Å². The predicted molar refractivity (Wildman–Crippen MR) is 454 cm³/mol. The van der Waals surface area contributed by atoms with Crippen LogP contribution < -0.4 is 0 Å². The minimum Gasteiger partial charge on any atom is -0.135 e. The maximum Gasteiger partial charge on any atom is 0.0355 e. The van der Waals surface area contributed by atoms with Gasteiger partial charge in [-0.3, -0.25) is 0 Å². The van der Waals surface area contributed by atoms with Crippen molar-refractivity contribution in [1.82, 2.24) is 0 Å². The van der Waals surface area contributed by atoms with E-state index in [1.807, 2.05) is 11.3 Å². The summed E-state index contributed by atoms with van der Waals surface area (Å²) in [7, 11) is 0. The lowest BCUT2D eigenvalue weighted by molar-refractivity contribution is 0.668. The van der Waals surface area contributed by atoms with Crippen molar-refractivity contribution < 1.29 is 0 Å². The van der Waals surface area contributed by atoms with Gasteiger partial charge in [0.1, 0.15) is 0 Å². The van der Waals surface area contributed by atoms with Gasteiger partial charge in [-0.2, -0.15) is 0 Å². The maximum atomic E-state index is 2.43. The Morgan fingerprint density at radius 2 is 0.457 bits per heavy atom. The average Bonchev–Trinajstić information content (AvgIpc) is 1.54. The zero-order chi connectivity index (χ0) is 69.8. The van der Waals surface area contributed by atoms with Crippen LogP contribution in [0, 0.1) is 0 Å². The summed E-state index contributed by atoms with van der Waals surface area (Å²) in [5.74, 6) is 0. The van der Waals surface area contributed by atoms with Gasteiger partial charge in [0.2, 0.25) is 0 Å². The first-order chi connectivity index (χ1) is 51.6. The normalized spacial score (nSPS) is 13.3. The molecular formula is C104H70S. The van der Waals surface area contributed by atoms with E-state index in [1.54, 1.807) is 0 Å². The van der Waals surface area contributed by atoms with Crippen molar-refractivity contribution >= 4 is 118 Å². The lowest BCUT2D eigenvalue weighted by Gasteiger charge is -2.26. The molecule has 0 unspecified atom stereocenters. The molecule has 19 aromatic carbocycles. The van der Waals surface area contributed by atoms with Gasteiger partial charge in [0.15, 0.2) is 0 Å². The zero-order valence-electron chi connectivity index (χ0n) is 58.9. The summed E-state index contributed by atoms with van der Waals surface area (Å²) in [6, 6.07) is 131. The van der Waals surface area contributed by atoms with E-state index in [0.29, 0.717) is 0 Å². The first-order valence-corrected chi connectivity index (χ1v) is 37.7. The van der Waals surface area contributed by atoms with Crippen LogP contribution in [0.25, 0.3) is 195 Å². The smallest absolute Gasteiger partial charge is 0.0355 e. The highest BCUT2D eigenvalue weighted by atomic mass is 32.1. The van der Waals surface area contributed by atoms with Crippen LogP contribution in [0.15, 0.2) is 352 Å². The number of thiophene rings is 1. The molecule has 0 aliphatic heterocycles. The molecule has 0 saturated heterocycles. The van der Waals surface area contributed by atoms with Crippen LogP contribution in [0.4, 0.5) is 0 Å². The molecule has 1 aromatic heterocycles. The average molecular weight is 1350 g/mol. The SMILES string of the molecule is CC1(C)c2c(-c3cccc(-c4c5ccccc5c(-c5ccc6ccc7ccccc7c6c5)c5ccccc45)c3)cccc2-c2ccc3ccccc3c21.CC1(C)c2c(-c3cccc(-c4c5ccccc5c(-c5ccc6sc7ccccc7c6c5)c5ccccc45)c3)cccc2-c2ccc3ccccc3c21. The number of rotatable bonds is 6. The predicted octanol–water partition coefficient (Wildman–Crippen LogP) is 29.6. The molecule has 0 amide bonds. The van der Waals surface area contributed by atoms with Crippen LogP contribution in [-0.4, -0.2) is 0 Å². The van der Waals surface area contributed by atoms with Crippen LogP contribution in [-0.2, 0) is 10.8 Å². The van der Waals surface area contributed by atoms with Crippen molar-refractivity contribution in [3.8, 4) is 89.0 Å². The first kappa shape index (κ1) is 61.2. The van der Waals surface area contributed by atoms with Gasteiger partial charge in [-0.15, -0.1) is 11.3 Å². The van der Waals surface area contributed by atoms with E-state index in [-0.39, 0.29) is 10.8 Å². The van der Waals surface area contributed by atoms with E-state index in [0.717, 1.165) is 0 Å². The fourth-order valence-corrected chi connectivity index (χ4v) is 20.3. The summed E-state index contributed by atoms with van der Waals surface area (Å²) < 4.78 is 2.67. The van der Waals surface area contributed by atoms with Crippen molar-refractivity contribution in [3.05, 3.63) is 374 Å². The van der Waals surface area contributed by atoms with E-state index in [1.165, 1.54) is 218 Å². The Hall–Kier alpha value is -12.5. The van der Waals surface area contributed by atoms with Gasteiger partial charge in [0, 0.05) is 31.0 Å². The maximum absolute atomic E-state index is 2.43. The van der Waals surface area contributed by atoms with E-state index in [4.69, 9.17) is 0 Å². The summed E-state index contributed by atoms with van der Waals surface area (Å²) in [5, 5.41) is 23.3. The Balaban J connectivity index is 0.000000135. The fourth-order valence-electron chi connectivity index (χ4n) is 19.2. The second-order valence-electron chi connectivity index (χ2n) is 30.0. The monoisotopic (exact) mass is 1350 g/mol. The minimum absolute atomic E-state index is 0.145. The Morgan fingerprint density at radius 3 is 0.905 bits per heavy atom.